The van der Waals surface area contributed by atoms with Gasteiger partial charge in [-0.25, -0.2) is 8.42 Å². The molecule has 0 aromatic heterocycles. The Hall–Kier alpha value is -1.48. The minimum absolute atomic E-state index is 0.135. The lowest BCUT2D eigenvalue weighted by atomic mass is 10.2. The topological polar surface area (TPSA) is 79.0 Å². The Morgan fingerprint density at radius 2 is 1.71 bits per heavy atom. The Labute approximate surface area is 168 Å². The Bertz CT molecular complexity index is 750. The zero-order chi connectivity index (χ0) is 20.1. The number of hydrogen-bond acceptors (Lipinski definition) is 5. The molecule has 2 aliphatic heterocycles. The first kappa shape index (κ1) is 21.2. The molecule has 1 amide bonds. The summed E-state index contributed by atoms with van der Waals surface area (Å²) in [4.78, 5) is 14.9. The van der Waals surface area contributed by atoms with Crippen molar-refractivity contribution in [2.45, 2.75) is 50.2 Å². The van der Waals surface area contributed by atoms with Crippen molar-refractivity contribution < 1.29 is 17.9 Å². The molecular weight excluding hydrogens is 378 g/mol. The van der Waals surface area contributed by atoms with Crippen LogP contribution >= 0.6 is 0 Å². The van der Waals surface area contributed by atoms with Crippen LogP contribution in [0, 0.1) is 0 Å². The van der Waals surface area contributed by atoms with Crippen LogP contribution in [0.15, 0.2) is 29.2 Å². The number of ether oxygens (including phenoxy) is 1. The lowest BCUT2D eigenvalue weighted by Gasteiger charge is -2.34. The third-order valence-electron chi connectivity index (χ3n) is 5.28. The van der Waals surface area contributed by atoms with E-state index in [0.717, 1.165) is 26.1 Å². The predicted octanol–water partition coefficient (Wildman–Crippen LogP) is 1.70. The highest BCUT2D eigenvalue weighted by atomic mass is 32.2. The van der Waals surface area contributed by atoms with Gasteiger partial charge in [0, 0.05) is 25.2 Å². The summed E-state index contributed by atoms with van der Waals surface area (Å²) in [5, 5.41) is 2.91. The molecule has 7 nitrogen and oxygen atoms in total. The molecule has 0 radical (unpaired) electrons. The first-order valence-corrected chi connectivity index (χ1v) is 11.6. The molecule has 0 unspecified atom stereocenters. The molecule has 2 aliphatic rings. The normalized spacial score (nSPS) is 24.4. The molecule has 0 aliphatic carbocycles. The van der Waals surface area contributed by atoms with Crippen molar-refractivity contribution in [3.63, 3.8) is 0 Å². The molecule has 2 saturated heterocycles. The van der Waals surface area contributed by atoms with Gasteiger partial charge in [-0.3, -0.25) is 4.79 Å². The van der Waals surface area contributed by atoms with E-state index in [4.69, 9.17) is 4.74 Å². The van der Waals surface area contributed by atoms with Crippen molar-refractivity contribution in [3.8, 4) is 0 Å². The summed E-state index contributed by atoms with van der Waals surface area (Å²) in [6, 6.07) is 6.19. The molecule has 1 aromatic carbocycles. The highest BCUT2D eigenvalue weighted by Gasteiger charge is 2.32. The van der Waals surface area contributed by atoms with Crippen LogP contribution in [-0.2, 0) is 14.8 Å². The number of hydrogen-bond donors (Lipinski definition) is 1. The second kappa shape index (κ2) is 9.35. The first-order valence-electron chi connectivity index (χ1n) is 10.1. The fourth-order valence-corrected chi connectivity index (χ4v) is 5.46. The number of benzene rings is 1. The maximum absolute atomic E-state index is 12.9. The number of morpholine rings is 1. The fraction of sp³-hybridized carbons (Fsp3) is 0.650. The monoisotopic (exact) mass is 409 g/mol. The zero-order valence-electron chi connectivity index (χ0n) is 16.8. The average molecular weight is 410 g/mol. The molecule has 2 fully saturated rings. The molecule has 28 heavy (non-hydrogen) atoms. The van der Waals surface area contributed by atoms with Crippen LogP contribution in [0.25, 0.3) is 0 Å². The first-order chi connectivity index (χ1) is 13.4. The van der Waals surface area contributed by atoms with E-state index in [9.17, 15) is 13.2 Å². The van der Waals surface area contributed by atoms with Crippen molar-refractivity contribution in [1.29, 1.82) is 0 Å². The van der Waals surface area contributed by atoms with E-state index in [1.165, 1.54) is 29.3 Å². The lowest BCUT2D eigenvalue weighted by molar-refractivity contribution is -0.0440. The highest BCUT2D eigenvalue weighted by molar-refractivity contribution is 7.89. The van der Waals surface area contributed by atoms with Crippen LogP contribution in [0.2, 0.25) is 0 Å². The van der Waals surface area contributed by atoms with Crippen LogP contribution in [-0.4, -0.2) is 75.0 Å². The SMILES string of the molecule is C[C@@H]1CN(S(=O)(=O)c2ccc(C(=O)NCCCN3CCCC3)cc2)C[C@@H](C)O1. The Morgan fingerprint density at radius 1 is 1.11 bits per heavy atom. The molecule has 2 atom stereocenters. The number of carbonyl (C=O) groups excluding carboxylic acids is 1. The quantitative estimate of drug-likeness (QED) is 0.694. The highest BCUT2D eigenvalue weighted by Crippen LogP contribution is 2.21. The molecule has 0 spiro atoms. The number of rotatable bonds is 7. The van der Waals surface area contributed by atoms with Crippen molar-refractivity contribution >= 4 is 15.9 Å². The van der Waals surface area contributed by atoms with Gasteiger partial charge in [0.25, 0.3) is 5.91 Å². The van der Waals surface area contributed by atoms with Gasteiger partial charge in [0.05, 0.1) is 17.1 Å². The largest absolute Gasteiger partial charge is 0.373 e. The van der Waals surface area contributed by atoms with E-state index >= 15 is 0 Å². The molecule has 8 heteroatoms. The smallest absolute Gasteiger partial charge is 0.251 e. The van der Waals surface area contributed by atoms with Crippen molar-refractivity contribution in [1.82, 2.24) is 14.5 Å². The summed E-state index contributed by atoms with van der Waals surface area (Å²) in [5.41, 5.74) is 0.476. The number of nitrogens with zero attached hydrogens (tertiary/aromatic N) is 2. The van der Waals surface area contributed by atoms with Crippen LogP contribution in [0.3, 0.4) is 0 Å². The average Bonchev–Trinajstić information content (AvgIpc) is 3.18. The van der Waals surface area contributed by atoms with Gasteiger partial charge in [0.1, 0.15) is 0 Å². The predicted molar refractivity (Wildman–Crippen MR) is 108 cm³/mol. The molecule has 1 N–H and O–H groups in total. The molecule has 0 saturated carbocycles. The third-order valence-corrected chi connectivity index (χ3v) is 7.12. The molecular formula is C20H31N3O4S. The van der Waals surface area contributed by atoms with E-state index in [1.54, 1.807) is 12.1 Å². The second-order valence-corrected chi connectivity index (χ2v) is 9.70. The maximum atomic E-state index is 12.9. The summed E-state index contributed by atoms with van der Waals surface area (Å²) in [6.07, 6.45) is 3.19. The molecule has 2 heterocycles. The van der Waals surface area contributed by atoms with E-state index < -0.39 is 10.0 Å². The molecule has 0 bridgehead atoms. The lowest BCUT2D eigenvalue weighted by Crippen LogP contribution is -2.48. The van der Waals surface area contributed by atoms with Crippen molar-refractivity contribution in [3.05, 3.63) is 29.8 Å². The summed E-state index contributed by atoms with van der Waals surface area (Å²) < 4.78 is 32.8. The van der Waals surface area contributed by atoms with Crippen LogP contribution < -0.4 is 5.32 Å². The van der Waals surface area contributed by atoms with E-state index in [2.05, 4.69) is 10.2 Å². The number of nitrogens with one attached hydrogen (secondary N) is 1. The molecule has 3 rings (SSSR count). The third kappa shape index (κ3) is 5.31. The van der Waals surface area contributed by atoms with E-state index in [-0.39, 0.29) is 23.0 Å². The Balaban J connectivity index is 1.54. The number of sulfonamides is 1. The number of carbonyl (C=O) groups is 1. The van der Waals surface area contributed by atoms with Gasteiger partial charge >= 0.3 is 0 Å². The van der Waals surface area contributed by atoms with Gasteiger partial charge in [-0.15, -0.1) is 0 Å². The summed E-state index contributed by atoms with van der Waals surface area (Å²) in [6.45, 7) is 8.37. The van der Waals surface area contributed by atoms with Crippen LogP contribution in [0.4, 0.5) is 0 Å². The van der Waals surface area contributed by atoms with E-state index in [1.807, 2.05) is 13.8 Å². The minimum Gasteiger partial charge on any atom is -0.373 e. The Morgan fingerprint density at radius 3 is 2.32 bits per heavy atom. The molecule has 1 aromatic rings. The van der Waals surface area contributed by atoms with Gasteiger partial charge in [-0.2, -0.15) is 4.31 Å². The summed E-state index contributed by atoms with van der Waals surface area (Å²) in [5.74, 6) is -0.168. The van der Waals surface area contributed by atoms with Gasteiger partial charge in [0.15, 0.2) is 0 Å². The van der Waals surface area contributed by atoms with Crippen molar-refractivity contribution in [2.75, 3.05) is 39.3 Å². The summed E-state index contributed by atoms with van der Waals surface area (Å²) >= 11 is 0. The number of amides is 1. The van der Waals surface area contributed by atoms with Gasteiger partial charge in [-0.05, 0) is 77.0 Å². The van der Waals surface area contributed by atoms with Crippen LogP contribution in [0.1, 0.15) is 43.5 Å². The maximum Gasteiger partial charge on any atom is 0.251 e. The standard InChI is InChI=1S/C20H31N3O4S/c1-16-14-23(15-17(2)27-16)28(25,26)19-8-6-18(7-9-19)20(24)21-10-5-13-22-11-3-4-12-22/h6-9,16-17H,3-5,10-15H2,1-2H3,(H,21,24)/t16-,17-/m1/s1. The Kier molecular flexibility index (Phi) is 7.09. The minimum atomic E-state index is -3.58. The fourth-order valence-electron chi connectivity index (χ4n) is 3.87. The van der Waals surface area contributed by atoms with Gasteiger partial charge in [-0.1, -0.05) is 0 Å². The molecule has 156 valence electrons. The second-order valence-electron chi connectivity index (χ2n) is 7.76. The van der Waals surface area contributed by atoms with Gasteiger partial charge < -0.3 is 15.0 Å². The van der Waals surface area contributed by atoms with E-state index in [0.29, 0.717) is 25.2 Å². The van der Waals surface area contributed by atoms with Crippen LogP contribution in [0.5, 0.6) is 0 Å². The zero-order valence-corrected chi connectivity index (χ0v) is 17.6. The number of likely N-dealkylation sites (tertiary alicyclic amines) is 1. The van der Waals surface area contributed by atoms with Gasteiger partial charge in [0.2, 0.25) is 10.0 Å². The summed E-state index contributed by atoms with van der Waals surface area (Å²) in [7, 11) is -3.58. The van der Waals surface area contributed by atoms with Crippen molar-refractivity contribution in [2.24, 2.45) is 0 Å².